The average Bonchev–Trinajstić information content (AvgIpc) is 3.03. The number of carboxylic acid groups (broad SMARTS) is 1. The maximum atomic E-state index is 11.3. The average molecular weight is 222 g/mol. The van der Waals surface area contributed by atoms with Gasteiger partial charge in [0.2, 0.25) is 5.95 Å². The third kappa shape index (κ3) is 1.82. The zero-order valence-corrected chi connectivity index (χ0v) is 9.29. The largest absolute Gasteiger partial charge is 0.480 e. The standard InChI is InChI=1S/C10H14N4O2/c1-10(2,8(15)16)14(7-3-4-7)9-11-5-6-12-13-9/h5-7H,3-4H2,1-2H3,(H,15,16). The minimum absolute atomic E-state index is 0.218. The Balaban J connectivity index is 2.35. The van der Waals surface area contributed by atoms with E-state index in [1.807, 2.05) is 0 Å². The Morgan fingerprint density at radius 3 is 2.62 bits per heavy atom. The van der Waals surface area contributed by atoms with Crippen molar-refractivity contribution in [2.75, 3.05) is 4.90 Å². The van der Waals surface area contributed by atoms with Crippen molar-refractivity contribution in [1.29, 1.82) is 0 Å². The van der Waals surface area contributed by atoms with Crippen LogP contribution in [0.25, 0.3) is 0 Å². The molecule has 0 bridgehead atoms. The second kappa shape index (κ2) is 3.70. The Hall–Kier alpha value is -1.72. The predicted molar refractivity (Wildman–Crippen MR) is 57.0 cm³/mol. The molecule has 1 aliphatic rings. The normalized spacial score (nSPS) is 15.9. The Kier molecular flexibility index (Phi) is 2.49. The number of aliphatic carboxylic acids is 1. The van der Waals surface area contributed by atoms with Crippen molar-refractivity contribution in [3.8, 4) is 0 Å². The van der Waals surface area contributed by atoms with Crippen molar-refractivity contribution < 1.29 is 9.90 Å². The number of hydrogen-bond acceptors (Lipinski definition) is 5. The molecule has 1 heterocycles. The molecular weight excluding hydrogens is 208 g/mol. The van der Waals surface area contributed by atoms with E-state index in [4.69, 9.17) is 0 Å². The molecule has 0 spiro atoms. The molecule has 0 aromatic carbocycles. The van der Waals surface area contributed by atoms with Gasteiger partial charge >= 0.3 is 5.97 Å². The van der Waals surface area contributed by atoms with E-state index in [0.717, 1.165) is 12.8 Å². The molecule has 0 aliphatic heterocycles. The van der Waals surface area contributed by atoms with Crippen LogP contribution in [0.3, 0.4) is 0 Å². The first-order valence-corrected chi connectivity index (χ1v) is 5.20. The highest BCUT2D eigenvalue weighted by atomic mass is 16.4. The highest BCUT2D eigenvalue weighted by molar-refractivity contribution is 5.82. The molecule has 16 heavy (non-hydrogen) atoms. The van der Waals surface area contributed by atoms with Crippen LogP contribution >= 0.6 is 0 Å². The van der Waals surface area contributed by atoms with Crippen LogP contribution in [-0.4, -0.2) is 37.8 Å². The summed E-state index contributed by atoms with van der Waals surface area (Å²) >= 11 is 0. The molecule has 1 saturated carbocycles. The molecule has 6 nitrogen and oxygen atoms in total. The third-order valence-electron chi connectivity index (χ3n) is 2.72. The van der Waals surface area contributed by atoms with Gasteiger partial charge in [0.15, 0.2) is 0 Å². The third-order valence-corrected chi connectivity index (χ3v) is 2.72. The molecule has 6 heteroatoms. The Bertz CT molecular complexity index is 389. The molecule has 86 valence electrons. The van der Waals surface area contributed by atoms with Crippen LogP contribution in [0.15, 0.2) is 12.4 Å². The van der Waals surface area contributed by atoms with Gasteiger partial charge in [0.25, 0.3) is 0 Å². The van der Waals surface area contributed by atoms with Crippen LogP contribution in [0.2, 0.25) is 0 Å². The lowest BCUT2D eigenvalue weighted by atomic mass is 10.0. The summed E-state index contributed by atoms with van der Waals surface area (Å²) in [6.45, 7) is 3.31. The molecular formula is C10H14N4O2. The topological polar surface area (TPSA) is 79.2 Å². The highest BCUT2D eigenvalue weighted by Crippen LogP contribution is 2.35. The number of aromatic nitrogens is 3. The summed E-state index contributed by atoms with van der Waals surface area (Å²) in [6, 6.07) is 0.218. The summed E-state index contributed by atoms with van der Waals surface area (Å²) < 4.78 is 0. The smallest absolute Gasteiger partial charge is 0.329 e. The van der Waals surface area contributed by atoms with Crippen LogP contribution in [0.1, 0.15) is 26.7 Å². The maximum Gasteiger partial charge on any atom is 0.329 e. The van der Waals surface area contributed by atoms with Gasteiger partial charge in [-0.3, -0.25) is 0 Å². The first kappa shape index (κ1) is 10.8. The van der Waals surface area contributed by atoms with Crippen molar-refractivity contribution in [3.63, 3.8) is 0 Å². The lowest BCUT2D eigenvalue weighted by molar-refractivity contribution is -0.142. The van der Waals surface area contributed by atoms with Gasteiger partial charge in [0.05, 0.1) is 12.4 Å². The van der Waals surface area contributed by atoms with Crippen molar-refractivity contribution in [1.82, 2.24) is 15.2 Å². The van der Waals surface area contributed by atoms with Gasteiger partial charge in [-0.1, -0.05) is 0 Å². The van der Waals surface area contributed by atoms with Crippen LogP contribution in [-0.2, 0) is 4.79 Å². The van der Waals surface area contributed by atoms with Gasteiger partial charge in [0.1, 0.15) is 5.54 Å². The summed E-state index contributed by atoms with van der Waals surface area (Å²) in [5.74, 6) is -0.496. The van der Waals surface area contributed by atoms with Crippen LogP contribution in [0.4, 0.5) is 5.95 Å². The lowest BCUT2D eigenvalue weighted by Crippen LogP contribution is -2.52. The quantitative estimate of drug-likeness (QED) is 0.808. The molecule has 1 N–H and O–H groups in total. The maximum absolute atomic E-state index is 11.3. The van der Waals surface area contributed by atoms with Crippen molar-refractivity contribution in [3.05, 3.63) is 12.4 Å². The number of carbonyl (C=O) groups is 1. The lowest BCUT2D eigenvalue weighted by Gasteiger charge is -2.34. The summed E-state index contributed by atoms with van der Waals surface area (Å²) in [6.07, 6.45) is 4.96. The molecule has 1 aromatic rings. The van der Waals surface area contributed by atoms with Gasteiger partial charge < -0.3 is 10.0 Å². The summed E-state index contributed by atoms with van der Waals surface area (Å²) in [7, 11) is 0. The molecule has 1 aromatic heterocycles. The van der Waals surface area contributed by atoms with Gasteiger partial charge in [-0.25, -0.2) is 9.78 Å². The second-order valence-corrected chi connectivity index (χ2v) is 4.41. The fourth-order valence-electron chi connectivity index (χ4n) is 1.66. The molecule has 0 amide bonds. The van der Waals surface area contributed by atoms with Gasteiger partial charge in [-0.05, 0) is 26.7 Å². The summed E-state index contributed by atoms with van der Waals surface area (Å²) in [5.41, 5.74) is -1.01. The number of hydrogen-bond donors (Lipinski definition) is 1. The van der Waals surface area contributed by atoms with Crippen molar-refractivity contribution >= 4 is 11.9 Å². The Labute approximate surface area is 93.3 Å². The zero-order valence-electron chi connectivity index (χ0n) is 9.29. The van der Waals surface area contributed by atoms with Crippen LogP contribution in [0.5, 0.6) is 0 Å². The fraction of sp³-hybridized carbons (Fsp3) is 0.600. The fourth-order valence-corrected chi connectivity index (χ4v) is 1.66. The van der Waals surface area contributed by atoms with Gasteiger partial charge in [-0.2, -0.15) is 5.10 Å². The van der Waals surface area contributed by atoms with Crippen molar-refractivity contribution in [2.45, 2.75) is 38.3 Å². The van der Waals surface area contributed by atoms with E-state index in [9.17, 15) is 9.90 Å². The zero-order chi connectivity index (χ0) is 11.8. The monoisotopic (exact) mass is 222 g/mol. The minimum Gasteiger partial charge on any atom is -0.480 e. The molecule has 1 aliphatic carbocycles. The first-order chi connectivity index (χ1) is 7.53. The van der Waals surface area contributed by atoms with Gasteiger partial charge in [-0.15, -0.1) is 5.10 Å². The van der Waals surface area contributed by atoms with E-state index in [2.05, 4.69) is 15.2 Å². The predicted octanol–water partition coefficient (Wildman–Crippen LogP) is 0.704. The number of rotatable bonds is 4. The van der Waals surface area contributed by atoms with E-state index < -0.39 is 11.5 Å². The first-order valence-electron chi connectivity index (χ1n) is 5.20. The molecule has 1 fully saturated rings. The van der Waals surface area contributed by atoms with E-state index in [-0.39, 0.29) is 6.04 Å². The molecule has 0 unspecified atom stereocenters. The van der Waals surface area contributed by atoms with Crippen LogP contribution in [0, 0.1) is 0 Å². The molecule has 0 radical (unpaired) electrons. The van der Waals surface area contributed by atoms with Crippen molar-refractivity contribution in [2.24, 2.45) is 0 Å². The Morgan fingerprint density at radius 1 is 1.50 bits per heavy atom. The van der Waals surface area contributed by atoms with Crippen LogP contribution < -0.4 is 4.90 Å². The molecule has 0 atom stereocenters. The Morgan fingerprint density at radius 2 is 2.19 bits per heavy atom. The van der Waals surface area contributed by atoms with E-state index in [1.54, 1.807) is 18.7 Å². The minimum atomic E-state index is -1.01. The van der Waals surface area contributed by atoms with E-state index in [1.165, 1.54) is 12.4 Å². The van der Waals surface area contributed by atoms with E-state index >= 15 is 0 Å². The summed E-state index contributed by atoms with van der Waals surface area (Å²) in [4.78, 5) is 17.1. The highest BCUT2D eigenvalue weighted by Gasteiger charge is 2.44. The summed E-state index contributed by atoms with van der Waals surface area (Å²) in [5, 5.41) is 16.9. The van der Waals surface area contributed by atoms with Gasteiger partial charge in [0, 0.05) is 6.04 Å². The second-order valence-electron chi connectivity index (χ2n) is 4.41. The SMILES string of the molecule is CC(C)(C(=O)O)N(c1nccnn1)C1CC1. The number of anilines is 1. The number of carboxylic acids is 1. The van der Waals surface area contributed by atoms with E-state index in [0.29, 0.717) is 5.95 Å². The number of nitrogens with zero attached hydrogens (tertiary/aromatic N) is 4. The molecule has 0 saturated heterocycles. The molecule has 2 rings (SSSR count).